The molecule has 2 aromatic carbocycles. The second kappa shape index (κ2) is 6.26. The van der Waals surface area contributed by atoms with Crippen LogP contribution < -0.4 is 10.5 Å². The van der Waals surface area contributed by atoms with Gasteiger partial charge < -0.3 is 15.7 Å². The van der Waals surface area contributed by atoms with Crippen molar-refractivity contribution in [2.45, 2.75) is 20.5 Å². The second-order valence-electron chi connectivity index (χ2n) is 4.84. The maximum atomic E-state index is 13.3. The minimum Gasteiger partial charge on any atom is -0.489 e. The highest BCUT2D eigenvalue weighted by Crippen LogP contribution is 2.21. The number of nitrogens with zero attached hydrogens (tertiary/aromatic N) is 1. The molecule has 4 nitrogen and oxygen atoms in total. The molecule has 0 aliphatic carbocycles. The molecule has 0 radical (unpaired) electrons. The molecule has 0 aliphatic rings. The highest BCUT2D eigenvalue weighted by atomic mass is 19.1. The van der Waals surface area contributed by atoms with Gasteiger partial charge in [0.25, 0.3) is 0 Å². The molecule has 0 heterocycles. The van der Waals surface area contributed by atoms with Crippen molar-refractivity contribution in [1.82, 2.24) is 0 Å². The van der Waals surface area contributed by atoms with Gasteiger partial charge in [-0.15, -0.1) is 0 Å². The molecule has 0 unspecified atom stereocenters. The third kappa shape index (κ3) is 3.51. The Bertz CT molecular complexity index is 684. The Morgan fingerprint density at radius 2 is 2.00 bits per heavy atom. The van der Waals surface area contributed by atoms with E-state index in [0.717, 1.165) is 16.9 Å². The smallest absolute Gasteiger partial charge is 0.170 e. The predicted molar refractivity (Wildman–Crippen MR) is 79.2 cm³/mol. The minimum absolute atomic E-state index is 0.145. The molecule has 3 N–H and O–H groups in total. The molecule has 110 valence electrons. The third-order valence-electron chi connectivity index (χ3n) is 3.17. The Hall–Kier alpha value is -2.56. The third-order valence-corrected chi connectivity index (χ3v) is 3.17. The van der Waals surface area contributed by atoms with E-state index in [9.17, 15) is 4.39 Å². The normalized spacial score (nSPS) is 11.5. The van der Waals surface area contributed by atoms with Crippen molar-refractivity contribution in [3.8, 4) is 5.75 Å². The molecular formula is C16H17FN2O2. The van der Waals surface area contributed by atoms with Crippen LogP contribution in [0.2, 0.25) is 0 Å². The molecule has 0 spiro atoms. The zero-order chi connectivity index (χ0) is 15.4. The molecular weight excluding hydrogens is 271 g/mol. The molecule has 21 heavy (non-hydrogen) atoms. The van der Waals surface area contributed by atoms with Gasteiger partial charge in [0.15, 0.2) is 5.84 Å². The summed E-state index contributed by atoms with van der Waals surface area (Å²) in [6.45, 7) is 4.17. The van der Waals surface area contributed by atoms with Crippen molar-refractivity contribution >= 4 is 5.84 Å². The van der Waals surface area contributed by atoms with Crippen molar-refractivity contribution in [2.75, 3.05) is 0 Å². The van der Waals surface area contributed by atoms with E-state index in [4.69, 9.17) is 15.7 Å². The number of amidine groups is 1. The molecule has 0 bridgehead atoms. The van der Waals surface area contributed by atoms with E-state index in [-0.39, 0.29) is 12.4 Å². The van der Waals surface area contributed by atoms with Gasteiger partial charge in [0.05, 0.1) is 0 Å². The fraction of sp³-hybridized carbons (Fsp3) is 0.188. The SMILES string of the molecule is Cc1ccc(OCc2ccc(F)cc2C(N)=NO)c(C)c1. The molecule has 0 aliphatic heterocycles. The monoisotopic (exact) mass is 288 g/mol. The number of aryl methyl sites for hydroxylation is 2. The average molecular weight is 288 g/mol. The van der Waals surface area contributed by atoms with E-state index < -0.39 is 5.82 Å². The van der Waals surface area contributed by atoms with Crippen LogP contribution in [0.3, 0.4) is 0 Å². The maximum absolute atomic E-state index is 13.3. The number of halogens is 1. The van der Waals surface area contributed by atoms with Gasteiger partial charge in [-0.05, 0) is 37.6 Å². The van der Waals surface area contributed by atoms with E-state index >= 15 is 0 Å². The molecule has 0 aromatic heterocycles. The number of rotatable bonds is 4. The summed E-state index contributed by atoms with van der Waals surface area (Å²) in [4.78, 5) is 0. The van der Waals surface area contributed by atoms with E-state index in [0.29, 0.717) is 11.1 Å². The standard InChI is InChI=1S/C16H17FN2O2/c1-10-3-6-15(11(2)7-10)21-9-12-4-5-13(17)8-14(12)16(18)19-20/h3-8,20H,9H2,1-2H3,(H2,18,19). The number of hydrogen-bond donors (Lipinski definition) is 2. The zero-order valence-electron chi connectivity index (χ0n) is 11.9. The van der Waals surface area contributed by atoms with Gasteiger partial charge in [-0.3, -0.25) is 0 Å². The summed E-state index contributed by atoms with van der Waals surface area (Å²) in [6.07, 6.45) is 0. The van der Waals surface area contributed by atoms with Crippen LogP contribution in [-0.4, -0.2) is 11.0 Å². The Morgan fingerprint density at radius 1 is 1.24 bits per heavy atom. The predicted octanol–water partition coefficient (Wildman–Crippen LogP) is 3.12. The van der Waals surface area contributed by atoms with Crippen LogP contribution in [0.4, 0.5) is 4.39 Å². The molecule has 0 saturated carbocycles. The van der Waals surface area contributed by atoms with Gasteiger partial charge in [-0.1, -0.05) is 28.9 Å². The van der Waals surface area contributed by atoms with Gasteiger partial charge in [0.2, 0.25) is 0 Å². The van der Waals surface area contributed by atoms with Crippen LogP contribution in [0.5, 0.6) is 5.75 Å². The number of ether oxygens (including phenoxy) is 1. The number of oxime groups is 1. The van der Waals surface area contributed by atoms with Gasteiger partial charge >= 0.3 is 0 Å². The second-order valence-corrected chi connectivity index (χ2v) is 4.84. The van der Waals surface area contributed by atoms with Crippen molar-refractivity contribution in [3.63, 3.8) is 0 Å². The lowest BCUT2D eigenvalue weighted by Gasteiger charge is -2.12. The first kappa shape index (κ1) is 14.8. The number of hydrogen-bond acceptors (Lipinski definition) is 3. The molecule has 0 atom stereocenters. The summed E-state index contributed by atoms with van der Waals surface area (Å²) in [5.74, 6) is 0.149. The molecule has 0 fully saturated rings. The van der Waals surface area contributed by atoms with E-state index in [1.54, 1.807) is 6.07 Å². The Kier molecular flexibility index (Phi) is 4.42. The Balaban J connectivity index is 2.24. The van der Waals surface area contributed by atoms with Crippen LogP contribution >= 0.6 is 0 Å². The first-order chi connectivity index (χ1) is 10.0. The van der Waals surface area contributed by atoms with Crippen molar-refractivity contribution in [3.05, 3.63) is 64.5 Å². The highest BCUT2D eigenvalue weighted by molar-refractivity contribution is 5.98. The largest absolute Gasteiger partial charge is 0.489 e. The molecule has 2 rings (SSSR count). The van der Waals surface area contributed by atoms with Gasteiger partial charge in [0, 0.05) is 11.1 Å². The average Bonchev–Trinajstić information content (AvgIpc) is 2.46. The number of benzene rings is 2. The Morgan fingerprint density at radius 3 is 2.67 bits per heavy atom. The quantitative estimate of drug-likeness (QED) is 0.393. The van der Waals surface area contributed by atoms with E-state index in [1.165, 1.54) is 12.1 Å². The van der Waals surface area contributed by atoms with Gasteiger partial charge in [-0.2, -0.15) is 0 Å². The minimum atomic E-state index is -0.452. The van der Waals surface area contributed by atoms with E-state index in [2.05, 4.69) is 5.16 Å². The van der Waals surface area contributed by atoms with Crippen LogP contribution in [0.1, 0.15) is 22.3 Å². The maximum Gasteiger partial charge on any atom is 0.170 e. The van der Waals surface area contributed by atoms with E-state index in [1.807, 2.05) is 32.0 Å². The summed E-state index contributed by atoms with van der Waals surface area (Å²) in [5, 5.41) is 11.7. The summed E-state index contributed by atoms with van der Waals surface area (Å²) >= 11 is 0. The van der Waals surface area contributed by atoms with Gasteiger partial charge in [-0.25, -0.2) is 4.39 Å². The first-order valence-electron chi connectivity index (χ1n) is 6.47. The van der Waals surface area contributed by atoms with Crippen LogP contribution in [0.25, 0.3) is 0 Å². The summed E-state index contributed by atoms with van der Waals surface area (Å²) in [5.41, 5.74) is 8.70. The topological polar surface area (TPSA) is 67.8 Å². The van der Waals surface area contributed by atoms with Crippen molar-refractivity contribution in [2.24, 2.45) is 10.9 Å². The molecule has 2 aromatic rings. The lowest BCUT2D eigenvalue weighted by molar-refractivity contribution is 0.303. The lowest BCUT2D eigenvalue weighted by atomic mass is 10.1. The summed E-state index contributed by atoms with van der Waals surface area (Å²) < 4.78 is 19.0. The Labute approximate surface area is 122 Å². The number of nitrogens with two attached hydrogens (primary N) is 1. The molecule has 0 amide bonds. The van der Waals surface area contributed by atoms with Crippen molar-refractivity contribution < 1.29 is 14.3 Å². The van der Waals surface area contributed by atoms with Crippen LogP contribution in [0, 0.1) is 19.7 Å². The fourth-order valence-electron chi connectivity index (χ4n) is 2.08. The zero-order valence-corrected chi connectivity index (χ0v) is 11.9. The summed E-state index contributed by atoms with van der Waals surface area (Å²) in [6, 6.07) is 9.95. The molecule has 0 saturated heterocycles. The summed E-state index contributed by atoms with van der Waals surface area (Å²) in [7, 11) is 0. The van der Waals surface area contributed by atoms with Crippen LogP contribution in [0.15, 0.2) is 41.6 Å². The fourth-order valence-corrected chi connectivity index (χ4v) is 2.08. The first-order valence-corrected chi connectivity index (χ1v) is 6.47. The van der Waals surface area contributed by atoms with Crippen molar-refractivity contribution in [1.29, 1.82) is 0 Å². The van der Waals surface area contributed by atoms with Gasteiger partial charge in [0.1, 0.15) is 18.2 Å². The van der Waals surface area contributed by atoms with Crippen LogP contribution in [-0.2, 0) is 6.61 Å². The lowest BCUT2D eigenvalue weighted by Crippen LogP contribution is -2.17. The molecule has 5 heteroatoms. The highest BCUT2D eigenvalue weighted by Gasteiger charge is 2.10.